The number of nitrogens with one attached hydrogen (secondary N) is 1. The highest BCUT2D eigenvalue weighted by Gasteiger charge is 2.38. The van der Waals surface area contributed by atoms with Crippen molar-refractivity contribution in [3.8, 4) is 5.75 Å². The number of aromatic hydroxyl groups is 1. The maximum atomic E-state index is 14.2. The number of hydrogen-bond donors (Lipinski definition) is 2. The summed E-state index contributed by atoms with van der Waals surface area (Å²) >= 11 is 0. The highest BCUT2D eigenvalue weighted by atomic mass is 19.1. The monoisotopic (exact) mass is 445 g/mol. The van der Waals surface area contributed by atoms with Gasteiger partial charge in [-0.15, -0.1) is 0 Å². The zero-order chi connectivity index (χ0) is 23.3. The van der Waals surface area contributed by atoms with Crippen LogP contribution in [0.3, 0.4) is 0 Å². The van der Waals surface area contributed by atoms with Crippen LogP contribution < -0.4 is 15.8 Å². The molecule has 4 rings (SSSR count). The zero-order valence-corrected chi connectivity index (χ0v) is 17.6. The van der Waals surface area contributed by atoms with Crippen LogP contribution in [0.1, 0.15) is 46.0 Å². The molecule has 2 atom stereocenters. The van der Waals surface area contributed by atoms with Crippen molar-refractivity contribution in [2.45, 2.75) is 39.4 Å². The molecule has 2 N–H and O–H groups in total. The van der Waals surface area contributed by atoms with Gasteiger partial charge in [0.15, 0.2) is 17.3 Å². The van der Waals surface area contributed by atoms with Crippen LogP contribution in [0.15, 0.2) is 29.3 Å². The molecule has 168 valence electrons. The Morgan fingerprint density at radius 2 is 1.94 bits per heavy atom. The Bertz CT molecular complexity index is 1230. The molecule has 2 aliphatic rings. The van der Waals surface area contributed by atoms with Gasteiger partial charge in [-0.05, 0) is 20.8 Å². The Hall–Kier alpha value is -3.76. The van der Waals surface area contributed by atoms with Gasteiger partial charge in [0, 0.05) is 17.8 Å². The molecule has 11 heteroatoms. The van der Waals surface area contributed by atoms with Gasteiger partial charge in [0.2, 0.25) is 5.43 Å². The smallest absolute Gasteiger partial charge is 0.278 e. The summed E-state index contributed by atoms with van der Waals surface area (Å²) < 4.78 is 28.9. The third-order valence-corrected chi connectivity index (χ3v) is 5.77. The maximum Gasteiger partial charge on any atom is 0.278 e. The van der Waals surface area contributed by atoms with E-state index in [1.165, 1.54) is 22.7 Å². The highest BCUT2D eigenvalue weighted by Crippen LogP contribution is 2.26. The van der Waals surface area contributed by atoms with Crippen molar-refractivity contribution in [1.82, 2.24) is 19.9 Å². The number of carbonyl (C=O) groups excluding carboxylic acids is 2. The number of rotatable bonds is 3. The van der Waals surface area contributed by atoms with Crippen LogP contribution in [0.5, 0.6) is 5.75 Å². The molecular formula is C21H21F2N5O4. The molecule has 0 aromatic carbocycles. The van der Waals surface area contributed by atoms with Crippen molar-refractivity contribution >= 4 is 11.8 Å². The number of aromatic nitrogens is 2. The molecule has 2 amide bonds. The number of amides is 2. The molecule has 2 bridgehead atoms. The summed E-state index contributed by atoms with van der Waals surface area (Å²) in [5, 5.41) is 14.6. The highest BCUT2D eigenvalue weighted by molar-refractivity contribution is 5.99. The van der Waals surface area contributed by atoms with Crippen molar-refractivity contribution in [3.05, 3.63) is 68.9 Å². The summed E-state index contributed by atoms with van der Waals surface area (Å²) in [4.78, 5) is 43.5. The largest absolute Gasteiger partial charge is 0.502 e. The number of pyridine rings is 2. The lowest BCUT2D eigenvalue weighted by Crippen LogP contribution is -2.57. The van der Waals surface area contributed by atoms with E-state index in [0.717, 1.165) is 6.20 Å². The molecule has 2 aromatic rings. The van der Waals surface area contributed by atoms with E-state index in [1.807, 2.05) is 26.0 Å². The predicted octanol–water partition coefficient (Wildman–Crippen LogP) is 1.16. The molecule has 0 saturated heterocycles. The van der Waals surface area contributed by atoms with Crippen LogP contribution in [-0.2, 0) is 6.54 Å². The molecule has 0 aliphatic carbocycles. The first-order valence-electron chi connectivity index (χ1n) is 9.94. The number of hydrogen-bond acceptors (Lipinski definition) is 6. The number of nitrogens with zero attached hydrogens (tertiary/aromatic N) is 4. The van der Waals surface area contributed by atoms with Crippen LogP contribution in [0.2, 0.25) is 0 Å². The van der Waals surface area contributed by atoms with Crippen LogP contribution in [0, 0.1) is 18.6 Å². The fraction of sp³-hybridized carbons (Fsp3) is 0.333. The summed E-state index contributed by atoms with van der Waals surface area (Å²) in [5.74, 6) is -4.00. The third kappa shape index (κ3) is 3.29. The molecule has 2 aromatic heterocycles. The first-order chi connectivity index (χ1) is 15.1. The third-order valence-electron chi connectivity index (χ3n) is 5.77. The van der Waals surface area contributed by atoms with Crippen LogP contribution in [-0.4, -0.2) is 50.2 Å². The predicted molar refractivity (Wildman–Crippen MR) is 110 cm³/mol. The Labute approximate surface area is 181 Å². The Morgan fingerprint density at radius 3 is 2.66 bits per heavy atom. The summed E-state index contributed by atoms with van der Waals surface area (Å²) in [7, 11) is 0. The Kier molecular flexibility index (Phi) is 5.19. The van der Waals surface area contributed by atoms with Gasteiger partial charge in [-0.1, -0.05) is 12.2 Å². The molecular weight excluding hydrogens is 424 g/mol. The maximum absolute atomic E-state index is 14.2. The Morgan fingerprint density at radius 1 is 1.25 bits per heavy atom. The standard InChI is InChI=1S/C21H21F2N5O4/c1-10-4-5-11(2)28-9-26(10)21(32)17-19(30)18(29)13(8-27(17)28)20(31)25-7-15-16(23)12(3)14(22)6-24-15/h4-6,8,10-11,30H,7,9H2,1-3H3,(H,25,31)/t10-,11+/m0/s1. The molecule has 0 unspecified atom stereocenters. The van der Waals surface area contributed by atoms with Crippen molar-refractivity contribution in [3.63, 3.8) is 0 Å². The lowest BCUT2D eigenvalue weighted by Gasteiger charge is -2.41. The van der Waals surface area contributed by atoms with E-state index in [1.54, 1.807) is 5.01 Å². The van der Waals surface area contributed by atoms with Gasteiger partial charge in [0.05, 0.1) is 24.5 Å². The molecule has 9 nitrogen and oxygen atoms in total. The van der Waals surface area contributed by atoms with Crippen LogP contribution in [0.25, 0.3) is 0 Å². The summed E-state index contributed by atoms with van der Waals surface area (Å²) in [6.45, 7) is 4.72. The van der Waals surface area contributed by atoms with Gasteiger partial charge in [-0.3, -0.25) is 29.1 Å². The van der Waals surface area contributed by atoms with Crippen molar-refractivity contribution < 1.29 is 23.5 Å². The van der Waals surface area contributed by atoms with Gasteiger partial charge < -0.3 is 15.3 Å². The van der Waals surface area contributed by atoms with Crippen molar-refractivity contribution in [2.24, 2.45) is 0 Å². The van der Waals surface area contributed by atoms with Gasteiger partial charge >= 0.3 is 0 Å². The van der Waals surface area contributed by atoms with Crippen molar-refractivity contribution in [2.75, 3.05) is 11.7 Å². The van der Waals surface area contributed by atoms with E-state index in [-0.39, 0.29) is 35.7 Å². The van der Waals surface area contributed by atoms with E-state index < -0.39 is 46.7 Å². The topological polar surface area (TPSA) is 108 Å². The Balaban J connectivity index is 1.70. The van der Waals surface area contributed by atoms with Gasteiger partial charge in [-0.25, -0.2) is 8.78 Å². The van der Waals surface area contributed by atoms with Crippen LogP contribution in [0.4, 0.5) is 8.78 Å². The van der Waals surface area contributed by atoms with Crippen molar-refractivity contribution in [1.29, 1.82) is 0 Å². The fourth-order valence-corrected chi connectivity index (χ4v) is 3.73. The second-order valence-electron chi connectivity index (χ2n) is 7.81. The molecule has 2 aliphatic heterocycles. The van der Waals surface area contributed by atoms with E-state index in [2.05, 4.69) is 10.3 Å². The number of carbonyl (C=O) groups is 2. The fourth-order valence-electron chi connectivity index (χ4n) is 3.73. The van der Waals surface area contributed by atoms with Gasteiger partial charge in [0.25, 0.3) is 11.8 Å². The molecule has 0 spiro atoms. The summed E-state index contributed by atoms with van der Waals surface area (Å²) in [6, 6.07) is -0.449. The average molecular weight is 445 g/mol. The summed E-state index contributed by atoms with van der Waals surface area (Å²) in [5.41, 5.74) is -2.13. The molecule has 32 heavy (non-hydrogen) atoms. The van der Waals surface area contributed by atoms with E-state index in [0.29, 0.717) is 0 Å². The van der Waals surface area contributed by atoms with E-state index in [9.17, 15) is 28.3 Å². The minimum absolute atomic E-state index is 0.189. The SMILES string of the molecule is Cc1c(F)cnc(CNC(=O)c2cn3c(c(O)c2=O)C(=O)N2CN3[C@H](C)C=C[C@@H]2C)c1F. The molecule has 0 radical (unpaired) electrons. The van der Waals surface area contributed by atoms with Crippen LogP contribution >= 0.6 is 0 Å². The van der Waals surface area contributed by atoms with E-state index >= 15 is 0 Å². The molecule has 0 fully saturated rings. The lowest BCUT2D eigenvalue weighted by atomic mass is 10.1. The average Bonchev–Trinajstić information content (AvgIpc) is 2.89. The number of halogens is 2. The molecule has 0 saturated carbocycles. The first kappa shape index (κ1) is 21.5. The molecule has 4 heterocycles. The van der Waals surface area contributed by atoms with Gasteiger partial charge in [-0.2, -0.15) is 0 Å². The minimum atomic E-state index is -1.03. The minimum Gasteiger partial charge on any atom is -0.502 e. The van der Waals surface area contributed by atoms with E-state index in [4.69, 9.17) is 0 Å². The summed E-state index contributed by atoms with van der Waals surface area (Å²) in [6.07, 6.45) is 5.76. The number of fused-ring (bicyclic) bond motifs is 4. The first-order valence-corrected chi connectivity index (χ1v) is 9.94. The quantitative estimate of drug-likeness (QED) is 0.687. The normalized spacial score (nSPS) is 19.6. The second-order valence-corrected chi connectivity index (χ2v) is 7.81. The second kappa shape index (κ2) is 7.74. The lowest BCUT2D eigenvalue weighted by molar-refractivity contribution is 0.0652. The van der Waals surface area contributed by atoms with Gasteiger partial charge in [0.1, 0.15) is 18.0 Å². The zero-order valence-electron chi connectivity index (χ0n) is 17.6.